The Labute approximate surface area is 219 Å². The molecule has 2 aromatic carbocycles. The van der Waals surface area contributed by atoms with Gasteiger partial charge in [-0.15, -0.1) is 0 Å². The molecule has 11 heteroatoms. The van der Waals surface area contributed by atoms with Gasteiger partial charge in [0.15, 0.2) is 11.6 Å². The summed E-state index contributed by atoms with van der Waals surface area (Å²) in [5.41, 5.74) is 12.9. The molecule has 1 saturated heterocycles. The van der Waals surface area contributed by atoms with Crippen molar-refractivity contribution in [1.82, 2.24) is 19.6 Å². The molecule has 2 heterocycles. The number of primary amides is 1. The number of benzene rings is 2. The molecule has 1 unspecified atom stereocenters. The van der Waals surface area contributed by atoms with Crippen LogP contribution in [0, 0.1) is 11.6 Å². The molecule has 1 aliphatic heterocycles. The Bertz CT molecular complexity index is 1350. The molecule has 9 nitrogen and oxygen atoms in total. The highest BCUT2D eigenvalue weighted by molar-refractivity contribution is 6.03. The van der Waals surface area contributed by atoms with E-state index in [1.165, 1.54) is 6.07 Å². The Kier molecular flexibility index (Phi) is 8.06. The number of ether oxygens (including phenoxy) is 1. The molecule has 0 spiro atoms. The molecule has 0 saturated carbocycles. The van der Waals surface area contributed by atoms with Crippen LogP contribution in [-0.4, -0.2) is 65.1 Å². The van der Waals surface area contributed by atoms with Crippen molar-refractivity contribution in [3.05, 3.63) is 71.8 Å². The average molecular weight is 525 g/mol. The first-order chi connectivity index (χ1) is 18.1. The second-order valence-corrected chi connectivity index (χ2v) is 9.36. The fourth-order valence-electron chi connectivity index (χ4n) is 4.36. The van der Waals surface area contributed by atoms with Crippen molar-refractivity contribution in [2.24, 2.45) is 5.73 Å². The number of nitrogen functional groups attached to an aromatic ring is 1. The molecule has 3 aromatic rings. The number of nitrogens with zero attached hydrogens (tertiary/aromatic N) is 4. The minimum Gasteiger partial charge on any atom is -0.454 e. The van der Waals surface area contributed by atoms with Crippen molar-refractivity contribution in [2.75, 3.05) is 39.5 Å². The van der Waals surface area contributed by atoms with Crippen LogP contribution in [0.1, 0.15) is 29.2 Å². The number of aromatic nitrogens is 2. The molecule has 2 amide bonds. The predicted octanol–water partition coefficient (Wildman–Crippen LogP) is 3.58. The number of rotatable bonds is 8. The molecule has 38 heavy (non-hydrogen) atoms. The molecule has 1 atom stereocenters. The minimum atomic E-state index is -0.829. The van der Waals surface area contributed by atoms with Gasteiger partial charge in [0, 0.05) is 37.3 Å². The van der Waals surface area contributed by atoms with Crippen LogP contribution >= 0.6 is 0 Å². The van der Waals surface area contributed by atoms with Crippen molar-refractivity contribution >= 4 is 17.6 Å². The zero-order valence-corrected chi connectivity index (χ0v) is 21.2. The van der Waals surface area contributed by atoms with E-state index in [1.54, 1.807) is 39.9 Å². The first-order valence-corrected chi connectivity index (χ1v) is 12.2. The summed E-state index contributed by atoms with van der Waals surface area (Å²) in [4.78, 5) is 28.7. The molecular weight excluding hydrogens is 494 g/mol. The van der Waals surface area contributed by atoms with Crippen LogP contribution < -0.4 is 16.2 Å². The van der Waals surface area contributed by atoms with Gasteiger partial charge in [-0.3, -0.25) is 9.59 Å². The smallest absolute Gasteiger partial charge is 0.254 e. The van der Waals surface area contributed by atoms with Gasteiger partial charge in [0.25, 0.3) is 5.91 Å². The summed E-state index contributed by atoms with van der Waals surface area (Å²) in [7, 11) is 3.85. The first-order valence-electron chi connectivity index (χ1n) is 12.2. The lowest BCUT2D eigenvalue weighted by Crippen LogP contribution is -2.40. The number of likely N-dealkylation sites (tertiary alicyclic amines) is 1. The number of hydrogen-bond donors (Lipinski definition) is 2. The van der Waals surface area contributed by atoms with Gasteiger partial charge in [-0.25, -0.2) is 13.5 Å². The fraction of sp³-hybridized carbons (Fsp3) is 0.296. The third kappa shape index (κ3) is 6.00. The summed E-state index contributed by atoms with van der Waals surface area (Å²) >= 11 is 0. The second kappa shape index (κ2) is 11.4. The van der Waals surface area contributed by atoms with Gasteiger partial charge in [-0.05, 0) is 63.3 Å². The SMILES string of the molecule is CN(C)CC=CC(=O)N1CCCC(n2nc(-c3ccc(Oc4ccc(F)cc4F)cc3)c(C(N)=O)c2N)C1. The number of nitrogens with two attached hydrogens (primary N) is 2. The molecule has 1 fully saturated rings. The van der Waals surface area contributed by atoms with E-state index in [0.717, 1.165) is 25.0 Å². The van der Waals surface area contributed by atoms with Crippen molar-refractivity contribution < 1.29 is 23.1 Å². The maximum absolute atomic E-state index is 13.9. The Morgan fingerprint density at radius 2 is 1.92 bits per heavy atom. The second-order valence-electron chi connectivity index (χ2n) is 9.36. The number of anilines is 1. The molecule has 4 rings (SSSR count). The van der Waals surface area contributed by atoms with Crippen molar-refractivity contribution in [3.8, 4) is 22.8 Å². The summed E-state index contributed by atoms with van der Waals surface area (Å²) in [6.45, 7) is 1.67. The number of halogens is 2. The highest BCUT2D eigenvalue weighted by atomic mass is 19.1. The molecule has 1 aromatic heterocycles. The Balaban J connectivity index is 1.56. The van der Waals surface area contributed by atoms with Crippen molar-refractivity contribution in [2.45, 2.75) is 18.9 Å². The fourth-order valence-corrected chi connectivity index (χ4v) is 4.36. The molecule has 4 N–H and O–H groups in total. The van der Waals surface area contributed by atoms with Gasteiger partial charge in [0.05, 0.1) is 6.04 Å². The van der Waals surface area contributed by atoms with Crippen LogP contribution in [0.25, 0.3) is 11.3 Å². The highest BCUT2D eigenvalue weighted by Gasteiger charge is 2.29. The Hall–Kier alpha value is -4.25. The number of amides is 2. The lowest BCUT2D eigenvalue weighted by Gasteiger charge is -2.32. The molecule has 200 valence electrons. The van der Waals surface area contributed by atoms with Gasteiger partial charge in [0.2, 0.25) is 5.91 Å². The van der Waals surface area contributed by atoms with E-state index >= 15 is 0 Å². The Morgan fingerprint density at radius 1 is 1.18 bits per heavy atom. The molecule has 1 aliphatic rings. The zero-order chi connectivity index (χ0) is 27.4. The lowest BCUT2D eigenvalue weighted by atomic mass is 10.1. The van der Waals surface area contributed by atoms with Crippen LogP contribution in [0.2, 0.25) is 0 Å². The summed E-state index contributed by atoms with van der Waals surface area (Å²) in [6, 6.07) is 9.22. The topological polar surface area (TPSA) is 120 Å². The van der Waals surface area contributed by atoms with Crippen molar-refractivity contribution in [1.29, 1.82) is 0 Å². The standard InChI is InChI=1S/C27H30F2N6O3/c1-33(2)13-4-6-23(36)34-14-3-5-19(16-34)35-26(30)24(27(31)37)25(32-35)17-7-10-20(11-8-17)38-22-12-9-18(28)15-21(22)29/h4,6-12,15,19H,3,5,13-14,16,30H2,1-2H3,(H2,31,37). The lowest BCUT2D eigenvalue weighted by molar-refractivity contribution is -0.127. The van der Waals surface area contributed by atoms with Gasteiger partial charge < -0.3 is 26.0 Å². The maximum atomic E-state index is 13.9. The quantitative estimate of drug-likeness (QED) is 0.435. The number of carbonyl (C=O) groups excluding carboxylic acids is 2. The average Bonchev–Trinajstić information content (AvgIpc) is 3.23. The van der Waals surface area contributed by atoms with Gasteiger partial charge >= 0.3 is 0 Å². The number of piperidine rings is 1. The summed E-state index contributed by atoms with van der Waals surface area (Å²) in [5.74, 6) is -2.05. The van der Waals surface area contributed by atoms with Crippen LogP contribution in [0.5, 0.6) is 11.5 Å². The molecule has 0 bridgehead atoms. The van der Waals surface area contributed by atoms with Crippen LogP contribution in [0.4, 0.5) is 14.6 Å². The van der Waals surface area contributed by atoms with Crippen LogP contribution in [0.15, 0.2) is 54.6 Å². The maximum Gasteiger partial charge on any atom is 0.254 e. The van der Waals surface area contributed by atoms with Gasteiger partial charge in [0.1, 0.15) is 28.6 Å². The van der Waals surface area contributed by atoms with Crippen molar-refractivity contribution in [3.63, 3.8) is 0 Å². The van der Waals surface area contributed by atoms with Crippen LogP contribution in [-0.2, 0) is 4.79 Å². The van der Waals surface area contributed by atoms with E-state index < -0.39 is 17.5 Å². The van der Waals surface area contributed by atoms with E-state index in [2.05, 4.69) is 5.10 Å². The molecule has 0 radical (unpaired) electrons. The molecular formula is C27H30F2N6O3. The zero-order valence-electron chi connectivity index (χ0n) is 21.2. The number of carbonyl (C=O) groups is 2. The van der Waals surface area contributed by atoms with Gasteiger partial charge in [-0.1, -0.05) is 6.08 Å². The van der Waals surface area contributed by atoms with E-state index in [-0.39, 0.29) is 29.1 Å². The highest BCUT2D eigenvalue weighted by Crippen LogP contribution is 2.33. The normalized spacial score (nSPS) is 15.8. The third-order valence-corrected chi connectivity index (χ3v) is 6.23. The minimum absolute atomic E-state index is 0.0811. The largest absolute Gasteiger partial charge is 0.454 e. The summed E-state index contributed by atoms with van der Waals surface area (Å²) < 4.78 is 34.2. The third-order valence-electron chi connectivity index (χ3n) is 6.23. The monoisotopic (exact) mass is 524 g/mol. The van der Waals surface area contributed by atoms with Gasteiger partial charge in [-0.2, -0.15) is 5.10 Å². The van der Waals surface area contributed by atoms with E-state index in [9.17, 15) is 18.4 Å². The number of hydrogen-bond acceptors (Lipinski definition) is 6. The Morgan fingerprint density at radius 3 is 2.58 bits per heavy atom. The predicted molar refractivity (Wildman–Crippen MR) is 140 cm³/mol. The molecule has 0 aliphatic carbocycles. The van der Waals surface area contributed by atoms with Crippen LogP contribution in [0.3, 0.4) is 0 Å². The summed E-state index contributed by atoms with van der Waals surface area (Å²) in [6.07, 6.45) is 4.86. The first kappa shape index (κ1) is 26.8. The number of likely N-dealkylation sites (N-methyl/N-ethyl adjacent to an activating group) is 1. The van der Waals surface area contributed by atoms with E-state index in [1.807, 2.05) is 25.1 Å². The van der Waals surface area contributed by atoms with E-state index in [4.69, 9.17) is 16.2 Å². The van der Waals surface area contributed by atoms with E-state index in [0.29, 0.717) is 36.6 Å². The summed E-state index contributed by atoms with van der Waals surface area (Å²) in [5, 5.41) is 4.63.